The smallest absolute Gasteiger partial charge is 0.266 e. The number of hydrogen-bond donors (Lipinski definition) is 3. The molecule has 0 heterocycles. The number of unbranched alkanes of at least 4 members (excludes halogenated alkanes) is 33. The van der Waals surface area contributed by atoms with Crippen LogP contribution < -0.4 is 5.32 Å². The van der Waals surface area contributed by atoms with E-state index in [0.29, 0.717) is 12.8 Å². The van der Waals surface area contributed by atoms with Gasteiger partial charge in [-0.1, -0.05) is 232 Å². The molecule has 1 amide bonds. The van der Waals surface area contributed by atoms with Crippen LogP contribution >= 0.6 is 0 Å². The Morgan fingerprint density at radius 2 is 0.720 bits per heavy atom. The Kier molecular flexibility index (Phi) is 37.6. The second-order valence-electron chi connectivity index (χ2n) is 15.7. The Morgan fingerprint density at radius 3 is 1.00 bits per heavy atom. The third-order valence-electron chi connectivity index (χ3n) is 10.6. The molecule has 0 saturated carbocycles. The summed E-state index contributed by atoms with van der Waals surface area (Å²) in [6, 6.07) is -0.963. The topological polar surface area (TPSA) is 104 Å². The van der Waals surface area contributed by atoms with Crippen LogP contribution in [0.2, 0.25) is 0 Å². The van der Waals surface area contributed by atoms with Crippen LogP contribution in [0.5, 0.6) is 0 Å². The quantitative estimate of drug-likeness (QED) is 0.0429. The zero-order valence-electron chi connectivity index (χ0n) is 33.6. The maximum absolute atomic E-state index is 12.5. The summed E-state index contributed by atoms with van der Waals surface area (Å²) in [5.41, 5.74) is 0. The standard InChI is InChI=1S/C43H87NO5S/c1-3-5-7-9-11-13-15-17-18-19-20-21-22-23-24-25-26-27-29-31-33-35-37-39-43(46)44-41(40-50(47,48)49)42(45)38-36-34-32-30-28-16-14-12-10-8-6-4-2/h41-42,45H,3-40H2,1-2H3,(H,44,46)(H,47,48,49). The molecule has 0 spiro atoms. The van der Waals surface area contributed by atoms with Gasteiger partial charge in [0, 0.05) is 6.42 Å². The van der Waals surface area contributed by atoms with Gasteiger partial charge in [-0.3, -0.25) is 9.35 Å². The van der Waals surface area contributed by atoms with Crippen LogP contribution in [-0.2, 0) is 14.9 Å². The zero-order valence-corrected chi connectivity index (χ0v) is 34.4. The number of carbonyl (C=O) groups excluding carboxylic acids is 1. The van der Waals surface area contributed by atoms with Crippen molar-refractivity contribution in [2.45, 2.75) is 264 Å². The lowest BCUT2D eigenvalue weighted by molar-refractivity contribution is -0.122. The van der Waals surface area contributed by atoms with Crippen LogP contribution in [-0.4, -0.2) is 41.9 Å². The molecule has 7 heteroatoms. The fraction of sp³-hybridized carbons (Fsp3) is 0.977. The Morgan fingerprint density at radius 1 is 0.460 bits per heavy atom. The first kappa shape index (κ1) is 49.3. The molecule has 0 fully saturated rings. The highest BCUT2D eigenvalue weighted by Gasteiger charge is 2.26. The van der Waals surface area contributed by atoms with Crippen molar-refractivity contribution in [2.75, 3.05) is 5.75 Å². The number of aliphatic hydroxyl groups excluding tert-OH is 1. The van der Waals surface area contributed by atoms with Gasteiger partial charge in [0.15, 0.2) is 0 Å². The van der Waals surface area contributed by atoms with E-state index in [9.17, 15) is 22.9 Å². The van der Waals surface area contributed by atoms with Crippen LogP contribution in [0.25, 0.3) is 0 Å². The molecule has 0 aliphatic carbocycles. The number of hydrogen-bond acceptors (Lipinski definition) is 4. The van der Waals surface area contributed by atoms with E-state index in [1.165, 1.54) is 186 Å². The predicted molar refractivity (Wildman–Crippen MR) is 217 cm³/mol. The number of nitrogens with one attached hydrogen (secondary N) is 1. The fourth-order valence-electron chi connectivity index (χ4n) is 7.22. The van der Waals surface area contributed by atoms with Gasteiger partial charge in [0.25, 0.3) is 10.1 Å². The Labute approximate surface area is 312 Å². The summed E-state index contributed by atoms with van der Waals surface area (Å²) in [5.74, 6) is -0.881. The van der Waals surface area contributed by atoms with E-state index in [1.807, 2.05) is 0 Å². The molecule has 2 atom stereocenters. The number of aliphatic hydroxyl groups is 1. The molecule has 0 aromatic rings. The summed E-state index contributed by atoms with van der Waals surface area (Å²) in [7, 11) is -4.30. The highest BCUT2D eigenvalue weighted by atomic mass is 32.2. The molecule has 3 N–H and O–H groups in total. The first-order valence-electron chi connectivity index (χ1n) is 22.2. The molecule has 0 aliphatic heterocycles. The molecule has 2 unspecified atom stereocenters. The second-order valence-corrected chi connectivity index (χ2v) is 17.2. The van der Waals surface area contributed by atoms with E-state index >= 15 is 0 Å². The first-order valence-corrected chi connectivity index (χ1v) is 23.8. The third-order valence-corrected chi connectivity index (χ3v) is 11.3. The van der Waals surface area contributed by atoms with Crippen molar-refractivity contribution in [3.8, 4) is 0 Å². The highest BCUT2D eigenvalue weighted by Crippen LogP contribution is 2.17. The Hall–Kier alpha value is -0.660. The SMILES string of the molecule is CCCCCCCCCCCCCCCCCCCCCCCCCC(=O)NC(CS(=O)(=O)O)C(O)CCCCCCCCCCCCCC. The van der Waals surface area contributed by atoms with Crippen molar-refractivity contribution in [3.05, 3.63) is 0 Å². The lowest BCUT2D eigenvalue weighted by Gasteiger charge is -2.23. The van der Waals surface area contributed by atoms with E-state index in [0.717, 1.165) is 38.5 Å². The fourth-order valence-corrected chi connectivity index (χ4v) is 7.98. The molecule has 0 aromatic carbocycles. The number of amides is 1. The van der Waals surface area contributed by atoms with Crippen molar-refractivity contribution in [1.29, 1.82) is 0 Å². The molecule has 6 nitrogen and oxygen atoms in total. The largest absolute Gasteiger partial charge is 0.391 e. The molecule has 0 aromatic heterocycles. The molecule has 50 heavy (non-hydrogen) atoms. The summed E-state index contributed by atoms with van der Waals surface area (Å²) < 4.78 is 32.5. The molecular formula is C43H87NO5S. The molecule has 0 radical (unpaired) electrons. The minimum Gasteiger partial charge on any atom is -0.391 e. The molecular weight excluding hydrogens is 643 g/mol. The zero-order chi connectivity index (χ0) is 36.8. The van der Waals surface area contributed by atoms with Crippen molar-refractivity contribution < 1.29 is 22.9 Å². The van der Waals surface area contributed by atoms with Gasteiger partial charge >= 0.3 is 0 Å². The summed E-state index contributed by atoms with van der Waals surface area (Å²) >= 11 is 0. The van der Waals surface area contributed by atoms with Crippen molar-refractivity contribution in [2.24, 2.45) is 0 Å². The maximum Gasteiger partial charge on any atom is 0.266 e. The van der Waals surface area contributed by atoms with E-state index in [4.69, 9.17) is 0 Å². The summed E-state index contributed by atoms with van der Waals surface area (Å²) in [4.78, 5) is 12.5. The second kappa shape index (κ2) is 38.1. The summed E-state index contributed by atoms with van der Waals surface area (Å²) in [6.07, 6.45) is 45.0. The van der Waals surface area contributed by atoms with Crippen LogP contribution in [0.15, 0.2) is 0 Å². The van der Waals surface area contributed by atoms with Crippen LogP contribution in [0.1, 0.15) is 251 Å². The minimum absolute atomic E-state index is 0.240. The third kappa shape index (κ3) is 38.6. The summed E-state index contributed by atoms with van der Waals surface area (Å²) in [6.45, 7) is 4.53. The van der Waals surface area contributed by atoms with Crippen LogP contribution in [0.4, 0.5) is 0 Å². The van der Waals surface area contributed by atoms with Gasteiger partial charge in [-0.2, -0.15) is 8.42 Å². The van der Waals surface area contributed by atoms with E-state index in [1.54, 1.807) is 0 Å². The summed E-state index contributed by atoms with van der Waals surface area (Å²) in [5, 5.41) is 13.4. The Bertz CT molecular complexity index is 805. The maximum atomic E-state index is 12.5. The lowest BCUT2D eigenvalue weighted by Crippen LogP contribution is -2.47. The van der Waals surface area contributed by atoms with Crippen molar-refractivity contribution in [3.63, 3.8) is 0 Å². The number of carbonyl (C=O) groups is 1. The van der Waals surface area contributed by atoms with Gasteiger partial charge < -0.3 is 10.4 Å². The predicted octanol–water partition coefficient (Wildman–Crippen LogP) is 13.2. The van der Waals surface area contributed by atoms with Crippen LogP contribution in [0.3, 0.4) is 0 Å². The molecule has 300 valence electrons. The minimum atomic E-state index is -4.30. The van der Waals surface area contributed by atoms with E-state index in [-0.39, 0.29) is 5.91 Å². The van der Waals surface area contributed by atoms with Crippen LogP contribution in [0, 0.1) is 0 Å². The average Bonchev–Trinajstić information content (AvgIpc) is 3.08. The molecule has 0 bridgehead atoms. The normalized spacial score (nSPS) is 13.1. The van der Waals surface area contributed by atoms with Gasteiger partial charge in [-0.25, -0.2) is 0 Å². The van der Waals surface area contributed by atoms with Crippen molar-refractivity contribution >= 4 is 16.0 Å². The van der Waals surface area contributed by atoms with Gasteiger partial charge in [0.05, 0.1) is 17.9 Å². The number of rotatable bonds is 41. The van der Waals surface area contributed by atoms with E-state index in [2.05, 4.69) is 19.2 Å². The van der Waals surface area contributed by atoms with Gasteiger partial charge in [0.2, 0.25) is 5.91 Å². The monoisotopic (exact) mass is 730 g/mol. The molecule has 0 rings (SSSR count). The van der Waals surface area contributed by atoms with Crippen molar-refractivity contribution in [1.82, 2.24) is 5.32 Å². The van der Waals surface area contributed by atoms with E-state index < -0.39 is 28.0 Å². The van der Waals surface area contributed by atoms with Gasteiger partial charge in [0.1, 0.15) is 0 Å². The highest BCUT2D eigenvalue weighted by molar-refractivity contribution is 7.85. The molecule has 0 aliphatic rings. The Balaban J connectivity index is 3.70. The van der Waals surface area contributed by atoms with Gasteiger partial charge in [-0.15, -0.1) is 0 Å². The average molecular weight is 730 g/mol. The molecule has 0 saturated heterocycles. The van der Waals surface area contributed by atoms with Gasteiger partial charge in [-0.05, 0) is 12.8 Å². The first-order chi connectivity index (χ1) is 24.3. The lowest BCUT2D eigenvalue weighted by atomic mass is 10.0.